The summed E-state index contributed by atoms with van der Waals surface area (Å²) in [6.07, 6.45) is -8.04. The van der Waals surface area contributed by atoms with Gasteiger partial charge in [-0.15, -0.1) is 11.3 Å². The Morgan fingerprint density at radius 2 is 1.95 bits per heavy atom. The van der Waals surface area contributed by atoms with Crippen LogP contribution in [-0.2, 0) is 10.9 Å². The van der Waals surface area contributed by atoms with E-state index < -0.39 is 30.0 Å². The molecule has 20 heavy (non-hydrogen) atoms. The summed E-state index contributed by atoms with van der Waals surface area (Å²) in [5, 5.41) is 1.72. The van der Waals surface area contributed by atoms with Crippen molar-refractivity contribution in [3.8, 4) is 0 Å². The highest BCUT2D eigenvalue weighted by Crippen LogP contribution is 2.34. The third-order valence-corrected chi connectivity index (χ3v) is 3.27. The van der Waals surface area contributed by atoms with E-state index in [1.54, 1.807) is 6.92 Å². The number of thiazole rings is 1. The normalized spacial score (nSPS) is 14.6. The number of alkyl halides is 6. The lowest BCUT2D eigenvalue weighted by Crippen LogP contribution is -2.27. The van der Waals surface area contributed by atoms with Crippen LogP contribution < -0.4 is 5.32 Å². The summed E-state index contributed by atoms with van der Waals surface area (Å²) in [6.45, 7) is 0.231. The minimum absolute atomic E-state index is 0.182. The molecule has 0 saturated heterocycles. The van der Waals surface area contributed by atoms with Crippen LogP contribution in [0, 0.1) is 0 Å². The molecule has 1 unspecified atom stereocenters. The Morgan fingerprint density at radius 1 is 1.30 bits per heavy atom. The highest BCUT2D eigenvalue weighted by Gasteiger charge is 2.35. The number of nitrogens with one attached hydrogen (secondary N) is 1. The molecule has 1 rings (SSSR count). The van der Waals surface area contributed by atoms with E-state index in [1.165, 1.54) is 0 Å². The van der Waals surface area contributed by atoms with Gasteiger partial charge in [0.1, 0.15) is 6.61 Å². The van der Waals surface area contributed by atoms with Crippen LogP contribution in [0.1, 0.15) is 22.9 Å². The van der Waals surface area contributed by atoms with Crippen molar-refractivity contribution in [2.24, 2.45) is 0 Å². The fourth-order valence-electron chi connectivity index (χ4n) is 1.36. The van der Waals surface area contributed by atoms with Crippen molar-refractivity contribution >= 4 is 11.3 Å². The monoisotopic (exact) mass is 322 g/mol. The maximum atomic E-state index is 12.4. The predicted octanol–water partition coefficient (Wildman–Crippen LogP) is 3.39. The second-order valence-electron chi connectivity index (χ2n) is 3.81. The van der Waals surface area contributed by atoms with Gasteiger partial charge < -0.3 is 10.1 Å². The minimum Gasteiger partial charge on any atom is -0.370 e. The van der Waals surface area contributed by atoms with Gasteiger partial charge >= 0.3 is 12.4 Å². The molecule has 3 nitrogen and oxygen atoms in total. The number of ether oxygens (including phenoxy) is 1. The lowest BCUT2D eigenvalue weighted by atomic mass is 10.3. The standard InChI is InChI=1S/C10H12F6N2OS/c1-2-17-6(4-19-5-9(11,12)13)7-3-18-8(20-7)10(14,15)16/h3,6,17H,2,4-5H2,1H3. The first-order valence-electron chi connectivity index (χ1n) is 5.54. The van der Waals surface area contributed by atoms with Crippen LogP contribution in [0.5, 0.6) is 0 Å². The zero-order valence-electron chi connectivity index (χ0n) is 10.3. The molecule has 0 aliphatic rings. The summed E-state index contributed by atoms with van der Waals surface area (Å²) in [6, 6.07) is -0.754. The van der Waals surface area contributed by atoms with Crippen molar-refractivity contribution in [2.45, 2.75) is 25.3 Å². The van der Waals surface area contributed by atoms with Gasteiger partial charge in [-0.3, -0.25) is 0 Å². The van der Waals surface area contributed by atoms with Gasteiger partial charge in [0.15, 0.2) is 5.01 Å². The van der Waals surface area contributed by atoms with Crippen molar-refractivity contribution in [3.63, 3.8) is 0 Å². The highest BCUT2D eigenvalue weighted by atomic mass is 32.1. The van der Waals surface area contributed by atoms with E-state index in [0.29, 0.717) is 17.9 Å². The Balaban J connectivity index is 2.68. The Hall–Kier alpha value is -0.870. The first kappa shape index (κ1) is 17.2. The number of hydrogen-bond donors (Lipinski definition) is 1. The van der Waals surface area contributed by atoms with E-state index in [1.807, 2.05) is 0 Å². The van der Waals surface area contributed by atoms with Crippen LogP contribution in [0.2, 0.25) is 0 Å². The number of halogens is 6. The number of nitrogens with zero attached hydrogens (tertiary/aromatic N) is 1. The van der Waals surface area contributed by atoms with Gasteiger partial charge in [-0.2, -0.15) is 26.3 Å². The Bertz CT molecular complexity index is 417. The van der Waals surface area contributed by atoms with E-state index in [-0.39, 0.29) is 11.5 Å². The molecular formula is C10H12F6N2OS. The second kappa shape index (κ2) is 6.72. The highest BCUT2D eigenvalue weighted by molar-refractivity contribution is 7.11. The van der Waals surface area contributed by atoms with Crippen LogP contribution in [0.25, 0.3) is 0 Å². The van der Waals surface area contributed by atoms with E-state index in [0.717, 1.165) is 6.20 Å². The van der Waals surface area contributed by atoms with Crippen LogP contribution in [0.15, 0.2) is 6.20 Å². The van der Waals surface area contributed by atoms with Crippen LogP contribution in [-0.4, -0.2) is 30.9 Å². The summed E-state index contributed by atoms with van der Waals surface area (Å²) in [4.78, 5) is 3.40. The molecule has 1 aromatic rings. The minimum atomic E-state index is -4.56. The molecule has 116 valence electrons. The summed E-state index contributed by atoms with van der Waals surface area (Å²) < 4.78 is 77.5. The molecule has 0 amide bonds. The quantitative estimate of drug-likeness (QED) is 0.815. The van der Waals surface area contributed by atoms with Gasteiger partial charge in [-0.25, -0.2) is 4.98 Å². The first-order chi connectivity index (χ1) is 9.13. The number of hydrogen-bond acceptors (Lipinski definition) is 4. The molecule has 1 N–H and O–H groups in total. The van der Waals surface area contributed by atoms with Crippen LogP contribution >= 0.6 is 11.3 Å². The van der Waals surface area contributed by atoms with Crippen molar-refractivity contribution < 1.29 is 31.1 Å². The van der Waals surface area contributed by atoms with E-state index in [9.17, 15) is 26.3 Å². The fraction of sp³-hybridized carbons (Fsp3) is 0.700. The molecule has 0 fully saturated rings. The zero-order valence-corrected chi connectivity index (χ0v) is 11.1. The van der Waals surface area contributed by atoms with Crippen molar-refractivity contribution in [1.82, 2.24) is 10.3 Å². The van der Waals surface area contributed by atoms with Gasteiger partial charge in [-0.1, -0.05) is 6.92 Å². The third-order valence-electron chi connectivity index (χ3n) is 2.11. The molecular weight excluding hydrogens is 310 g/mol. The lowest BCUT2D eigenvalue weighted by molar-refractivity contribution is -0.175. The van der Waals surface area contributed by atoms with E-state index in [2.05, 4.69) is 15.0 Å². The Morgan fingerprint density at radius 3 is 2.40 bits per heavy atom. The summed E-state index contributed by atoms with van der Waals surface area (Å²) in [7, 11) is 0. The smallest absolute Gasteiger partial charge is 0.370 e. The molecule has 10 heteroatoms. The van der Waals surface area contributed by atoms with Gasteiger partial charge in [-0.05, 0) is 6.54 Å². The van der Waals surface area contributed by atoms with Crippen molar-refractivity contribution in [1.29, 1.82) is 0 Å². The van der Waals surface area contributed by atoms with Gasteiger partial charge in [0.2, 0.25) is 0 Å². The molecule has 0 saturated carbocycles. The number of likely N-dealkylation sites (N-methyl/N-ethyl adjacent to an activating group) is 1. The average molecular weight is 322 g/mol. The maximum absolute atomic E-state index is 12.4. The molecule has 0 aliphatic carbocycles. The molecule has 0 bridgehead atoms. The summed E-state index contributed by atoms with van der Waals surface area (Å²) >= 11 is 0.386. The van der Waals surface area contributed by atoms with E-state index >= 15 is 0 Å². The zero-order chi connectivity index (χ0) is 15.4. The van der Waals surface area contributed by atoms with Crippen molar-refractivity contribution in [2.75, 3.05) is 19.8 Å². The molecule has 0 aromatic carbocycles. The SMILES string of the molecule is CCNC(COCC(F)(F)F)c1cnc(C(F)(F)F)s1. The van der Waals surface area contributed by atoms with Crippen LogP contribution in [0.4, 0.5) is 26.3 Å². The third kappa shape index (κ3) is 5.63. The second-order valence-corrected chi connectivity index (χ2v) is 4.87. The van der Waals surface area contributed by atoms with Crippen LogP contribution in [0.3, 0.4) is 0 Å². The summed E-state index contributed by atoms with van der Waals surface area (Å²) in [5.74, 6) is 0. The average Bonchev–Trinajstić information content (AvgIpc) is 2.74. The van der Waals surface area contributed by atoms with E-state index in [4.69, 9.17) is 0 Å². The Labute approximate surface area is 115 Å². The van der Waals surface area contributed by atoms with Gasteiger partial charge in [0, 0.05) is 11.1 Å². The first-order valence-corrected chi connectivity index (χ1v) is 6.36. The topological polar surface area (TPSA) is 34.1 Å². The molecule has 0 spiro atoms. The molecule has 0 aliphatic heterocycles. The lowest BCUT2D eigenvalue weighted by Gasteiger charge is -2.16. The predicted molar refractivity (Wildman–Crippen MR) is 60.4 cm³/mol. The number of rotatable bonds is 6. The fourth-order valence-corrected chi connectivity index (χ4v) is 2.20. The largest absolute Gasteiger partial charge is 0.443 e. The van der Waals surface area contributed by atoms with Crippen molar-refractivity contribution in [3.05, 3.63) is 16.1 Å². The molecule has 1 heterocycles. The van der Waals surface area contributed by atoms with Gasteiger partial charge in [0.05, 0.1) is 12.6 Å². The maximum Gasteiger partial charge on any atom is 0.443 e. The Kier molecular flexibility index (Phi) is 5.78. The molecule has 1 atom stereocenters. The molecule has 1 aromatic heterocycles. The summed E-state index contributed by atoms with van der Waals surface area (Å²) in [5.41, 5.74) is 0. The van der Waals surface area contributed by atoms with Gasteiger partial charge in [0.25, 0.3) is 0 Å². The number of aromatic nitrogens is 1. The molecule has 0 radical (unpaired) electrons.